The summed E-state index contributed by atoms with van der Waals surface area (Å²) in [7, 11) is 0. The average Bonchev–Trinajstić information content (AvgIpc) is 3.31. The van der Waals surface area contributed by atoms with Crippen molar-refractivity contribution in [2.75, 3.05) is 0 Å². The Morgan fingerprint density at radius 3 is 2.38 bits per heavy atom. The molecule has 29 heavy (non-hydrogen) atoms. The van der Waals surface area contributed by atoms with E-state index in [0.29, 0.717) is 6.42 Å². The molecule has 2 aliphatic carbocycles. The first-order chi connectivity index (χ1) is 13.4. The van der Waals surface area contributed by atoms with E-state index in [-0.39, 0.29) is 17.8 Å². The second-order valence-electron chi connectivity index (χ2n) is 10.6. The van der Waals surface area contributed by atoms with Gasteiger partial charge in [-0.05, 0) is 24.7 Å². The number of aliphatic hydroxyl groups is 2. The molecule has 9 heteroatoms. The number of aliphatic hydroxyl groups excluding tert-OH is 1. The summed E-state index contributed by atoms with van der Waals surface area (Å²) in [5.74, 6) is -3.52. The molecule has 6 fully saturated rings. The van der Waals surface area contributed by atoms with Crippen molar-refractivity contribution in [3.8, 4) is 0 Å². The lowest BCUT2D eigenvalue weighted by atomic mass is 9.51. The molecule has 4 heterocycles. The Kier molecular flexibility index (Phi) is 2.79. The number of esters is 3. The van der Waals surface area contributed by atoms with Crippen LogP contribution in [0.1, 0.15) is 40.5 Å². The highest BCUT2D eigenvalue weighted by molar-refractivity contribution is 5.93. The van der Waals surface area contributed by atoms with Gasteiger partial charge in [0.2, 0.25) is 11.9 Å². The minimum atomic E-state index is -1.97. The highest BCUT2D eigenvalue weighted by atomic mass is 16.8. The molecule has 158 valence electrons. The summed E-state index contributed by atoms with van der Waals surface area (Å²) in [6.07, 6.45) is -3.96. The van der Waals surface area contributed by atoms with Crippen LogP contribution in [0.3, 0.4) is 0 Å². The fraction of sp³-hybridized carbons (Fsp3) is 0.850. The Morgan fingerprint density at radius 1 is 1.03 bits per heavy atom. The van der Waals surface area contributed by atoms with Crippen LogP contribution in [0.5, 0.6) is 0 Å². The van der Waals surface area contributed by atoms with E-state index in [2.05, 4.69) is 0 Å². The third-order valence-corrected chi connectivity index (χ3v) is 8.97. The van der Waals surface area contributed by atoms with Crippen LogP contribution in [-0.4, -0.2) is 63.9 Å². The molecule has 0 amide bonds. The molecule has 1 unspecified atom stereocenters. The van der Waals surface area contributed by atoms with E-state index in [1.165, 1.54) is 6.92 Å². The number of fused-ring (bicyclic) bond motifs is 1. The number of hydrogen-bond acceptors (Lipinski definition) is 9. The van der Waals surface area contributed by atoms with Crippen LogP contribution in [0.15, 0.2) is 0 Å². The smallest absolute Gasteiger partial charge is 0.342 e. The van der Waals surface area contributed by atoms with Crippen LogP contribution in [0, 0.1) is 28.1 Å². The Hall–Kier alpha value is -1.71. The number of ether oxygens (including phenoxy) is 4. The van der Waals surface area contributed by atoms with Crippen LogP contribution in [0.25, 0.3) is 0 Å². The first-order valence-corrected chi connectivity index (χ1v) is 10.1. The number of rotatable bonds is 0. The molecule has 0 aromatic heterocycles. The van der Waals surface area contributed by atoms with Crippen molar-refractivity contribution in [2.24, 2.45) is 28.1 Å². The SMILES string of the molecule is C[C@H]1C(=O)O[C@@H]2C[C@]34[C@@H]5C[C@H](C(C)(C)C)[C@@]36C(OC(=O)[C@H]6O)O[C@]4(C(=O)O5)[C@@]21O. The molecule has 9 nitrogen and oxygen atoms in total. The minimum absolute atomic E-state index is 0.0623. The van der Waals surface area contributed by atoms with Crippen LogP contribution >= 0.6 is 0 Å². The van der Waals surface area contributed by atoms with Gasteiger partial charge in [0.1, 0.15) is 12.2 Å². The summed E-state index contributed by atoms with van der Waals surface area (Å²) in [4.78, 5) is 38.1. The molecule has 0 aromatic carbocycles. The summed E-state index contributed by atoms with van der Waals surface area (Å²) >= 11 is 0. The monoisotopic (exact) mass is 408 g/mol. The predicted octanol–water partition coefficient (Wildman–Crippen LogP) is -0.340. The van der Waals surface area contributed by atoms with Gasteiger partial charge in [-0.1, -0.05) is 20.8 Å². The van der Waals surface area contributed by atoms with Gasteiger partial charge in [-0.25, -0.2) is 9.59 Å². The van der Waals surface area contributed by atoms with Gasteiger partial charge in [-0.3, -0.25) is 4.79 Å². The van der Waals surface area contributed by atoms with Gasteiger partial charge < -0.3 is 29.2 Å². The van der Waals surface area contributed by atoms with Crippen molar-refractivity contribution in [1.29, 1.82) is 0 Å². The Bertz CT molecular complexity index is 893. The van der Waals surface area contributed by atoms with Gasteiger partial charge in [0.05, 0.1) is 16.7 Å². The van der Waals surface area contributed by atoms with E-state index < -0.39 is 70.5 Å². The van der Waals surface area contributed by atoms with Crippen LogP contribution < -0.4 is 0 Å². The van der Waals surface area contributed by atoms with Gasteiger partial charge in [0.25, 0.3) is 0 Å². The highest BCUT2D eigenvalue weighted by Crippen LogP contribution is 2.84. The first-order valence-electron chi connectivity index (χ1n) is 10.1. The molecule has 0 radical (unpaired) electrons. The van der Waals surface area contributed by atoms with Crippen molar-refractivity contribution in [1.82, 2.24) is 0 Å². The van der Waals surface area contributed by atoms with E-state index >= 15 is 0 Å². The fourth-order valence-electron chi connectivity index (χ4n) is 8.06. The number of hydrogen-bond donors (Lipinski definition) is 2. The molecule has 2 saturated carbocycles. The molecule has 6 rings (SSSR count). The topological polar surface area (TPSA) is 129 Å². The van der Waals surface area contributed by atoms with Crippen LogP contribution in [0.2, 0.25) is 0 Å². The summed E-state index contributed by atoms with van der Waals surface area (Å²) in [6.45, 7) is 7.47. The van der Waals surface area contributed by atoms with Crippen molar-refractivity contribution in [3.05, 3.63) is 0 Å². The lowest BCUT2D eigenvalue weighted by Crippen LogP contribution is -2.66. The van der Waals surface area contributed by atoms with Crippen LogP contribution in [0.4, 0.5) is 0 Å². The molecule has 4 aliphatic heterocycles. The fourth-order valence-corrected chi connectivity index (χ4v) is 8.06. The van der Waals surface area contributed by atoms with E-state index in [9.17, 15) is 24.6 Å². The Balaban J connectivity index is 1.68. The minimum Gasteiger partial charge on any atom is -0.459 e. The predicted molar refractivity (Wildman–Crippen MR) is 90.6 cm³/mol. The van der Waals surface area contributed by atoms with Gasteiger partial charge in [-0.2, -0.15) is 0 Å². The van der Waals surface area contributed by atoms with Gasteiger partial charge in [0.15, 0.2) is 11.7 Å². The molecule has 4 saturated heterocycles. The highest BCUT2D eigenvalue weighted by Gasteiger charge is 3.01. The van der Waals surface area contributed by atoms with Gasteiger partial charge in [-0.15, -0.1) is 0 Å². The van der Waals surface area contributed by atoms with Crippen molar-refractivity contribution in [2.45, 2.75) is 76.3 Å². The van der Waals surface area contributed by atoms with E-state index in [4.69, 9.17) is 18.9 Å². The third kappa shape index (κ3) is 1.35. The molecule has 2 spiro atoms. The van der Waals surface area contributed by atoms with Crippen molar-refractivity contribution >= 4 is 17.9 Å². The Labute approximate surface area is 166 Å². The lowest BCUT2D eigenvalue weighted by molar-refractivity contribution is -0.238. The number of carbonyl (C=O) groups is 3. The normalized spacial score (nSPS) is 59.2. The largest absolute Gasteiger partial charge is 0.459 e. The maximum Gasteiger partial charge on any atom is 0.342 e. The standard InChI is InChI=1S/C20H24O9/c1-7-12(22)26-10-6-17-9-5-8(16(2,3)4)18(17)11(21)13(23)28-15(18)29-20(17,14(24)27-9)19(7,10)25/h7-11,15,21,25H,5-6H2,1-4H3/t7-,8+,9-,10+,11+,15?,17-,18+,19-,20-/m0/s1. The summed E-state index contributed by atoms with van der Waals surface area (Å²) < 4.78 is 22.9. The maximum atomic E-state index is 13.3. The lowest BCUT2D eigenvalue weighted by Gasteiger charge is -2.46. The molecular weight excluding hydrogens is 384 g/mol. The van der Waals surface area contributed by atoms with Crippen molar-refractivity contribution < 1.29 is 43.5 Å². The van der Waals surface area contributed by atoms with Crippen molar-refractivity contribution in [3.63, 3.8) is 0 Å². The summed E-state index contributed by atoms with van der Waals surface area (Å²) in [6, 6.07) is 0. The quantitative estimate of drug-likeness (QED) is 0.408. The molecule has 10 atom stereocenters. The average molecular weight is 408 g/mol. The van der Waals surface area contributed by atoms with Gasteiger partial charge in [0, 0.05) is 6.42 Å². The third-order valence-electron chi connectivity index (χ3n) is 8.97. The summed E-state index contributed by atoms with van der Waals surface area (Å²) in [5, 5.41) is 23.0. The molecule has 2 N–H and O–H groups in total. The maximum absolute atomic E-state index is 13.3. The zero-order chi connectivity index (χ0) is 20.9. The second-order valence-corrected chi connectivity index (χ2v) is 10.6. The van der Waals surface area contributed by atoms with E-state index in [0.717, 1.165) is 0 Å². The van der Waals surface area contributed by atoms with Crippen LogP contribution in [-0.2, 0) is 33.3 Å². The zero-order valence-electron chi connectivity index (χ0n) is 16.6. The molecule has 0 bridgehead atoms. The first kappa shape index (κ1) is 18.1. The van der Waals surface area contributed by atoms with E-state index in [1.54, 1.807) is 0 Å². The second kappa shape index (κ2) is 4.48. The molecule has 0 aromatic rings. The molecule has 6 aliphatic rings. The Morgan fingerprint density at radius 2 is 1.72 bits per heavy atom. The van der Waals surface area contributed by atoms with E-state index in [1.807, 2.05) is 20.8 Å². The zero-order valence-corrected chi connectivity index (χ0v) is 16.6. The molecular formula is C20H24O9. The summed E-state index contributed by atoms with van der Waals surface area (Å²) in [5.41, 5.74) is -6.81. The number of carbonyl (C=O) groups excluding carboxylic acids is 3. The van der Waals surface area contributed by atoms with Gasteiger partial charge >= 0.3 is 17.9 Å².